The molecule has 2 aliphatic heterocycles. The zero-order valence-electron chi connectivity index (χ0n) is 12.7. The Labute approximate surface area is 118 Å². The van der Waals surface area contributed by atoms with Gasteiger partial charge in [-0.25, -0.2) is 0 Å². The highest BCUT2D eigenvalue weighted by molar-refractivity contribution is 4.74. The van der Waals surface area contributed by atoms with Gasteiger partial charge < -0.3 is 19.9 Å². The maximum absolute atomic E-state index is 5.38. The van der Waals surface area contributed by atoms with Crippen LogP contribution in [0.15, 0.2) is 0 Å². The zero-order chi connectivity index (χ0) is 13.5. The Balaban J connectivity index is 1.52. The Hall–Kier alpha value is -0.160. The number of nitrogens with one attached hydrogen (secondary N) is 1. The van der Waals surface area contributed by atoms with Crippen LogP contribution in [0, 0.1) is 5.92 Å². The predicted octanol–water partition coefficient (Wildman–Crippen LogP) is 1.03. The normalized spacial score (nSPS) is 24.2. The second-order valence-corrected chi connectivity index (χ2v) is 6.35. The molecule has 0 amide bonds. The van der Waals surface area contributed by atoms with Gasteiger partial charge in [-0.1, -0.05) is 0 Å². The molecule has 2 aliphatic rings. The summed E-state index contributed by atoms with van der Waals surface area (Å²) in [6.07, 6.45) is 5.10. The third-order valence-electron chi connectivity index (χ3n) is 4.56. The predicted molar refractivity (Wildman–Crippen MR) is 79.6 cm³/mol. The quantitative estimate of drug-likeness (QED) is 0.779. The van der Waals surface area contributed by atoms with E-state index in [2.05, 4.69) is 29.2 Å². The van der Waals surface area contributed by atoms with Gasteiger partial charge in [0.15, 0.2) is 0 Å². The zero-order valence-corrected chi connectivity index (χ0v) is 12.7. The van der Waals surface area contributed by atoms with Crippen molar-refractivity contribution in [3.8, 4) is 0 Å². The van der Waals surface area contributed by atoms with Gasteiger partial charge in [-0.3, -0.25) is 0 Å². The molecule has 0 aromatic carbocycles. The Kier molecular flexibility index (Phi) is 6.57. The fourth-order valence-corrected chi connectivity index (χ4v) is 3.14. The maximum Gasteiger partial charge on any atom is 0.0480 e. The molecule has 2 rings (SSSR count). The number of rotatable bonds is 6. The number of piperidine rings is 1. The molecule has 0 saturated carbocycles. The highest BCUT2D eigenvalue weighted by Crippen LogP contribution is 2.16. The standard InChI is InChI=1S/C15H31N3O/c1-17-8-3-14(4-9-17)13-18(2)10-7-16-15-5-11-19-12-6-15/h14-16H,3-13H2,1-2H3. The van der Waals surface area contributed by atoms with Gasteiger partial charge in [-0.2, -0.15) is 0 Å². The first-order chi connectivity index (χ1) is 9.24. The first-order valence-electron chi connectivity index (χ1n) is 7.92. The summed E-state index contributed by atoms with van der Waals surface area (Å²) in [7, 11) is 4.50. The van der Waals surface area contributed by atoms with Crippen LogP contribution in [0.1, 0.15) is 25.7 Å². The summed E-state index contributed by atoms with van der Waals surface area (Å²) in [5.74, 6) is 0.907. The van der Waals surface area contributed by atoms with E-state index >= 15 is 0 Å². The summed E-state index contributed by atoms with van der Waals surface area (Å²) in [5.41, 5.74) is 0. The smallest absolute Gasteiger partial charge is 0.0480 e. The lowest BCUT2D eigenvalue weighted by molar-refractivity contribution is 0.0771. The highest BCUT2D eigenvalue weighted by Gasteiger charge is 2.18. The van der Waals surface area contributed by atoms with Crippen LogP contribution in [-0.2, 0) is 4.74 Å². The van der Waals surface area contributed by atoms with Crippen LogP contribution in [0.2, 0.25) is 0 Å². The van der Waals surface area contributed by atoms with E-state index in [0.29, 0.717) is 6.04 Å². The van der Waals surface area contributed by atoms with Crippen LogP contribution in [-0.4, -0.2) is 75.9 Å². The molecular formula is C15H31N3O. The molecule has 4 heteroatoms. The van der Waals surface area contributed by atoms with E-state index in [-0.39, 0.29) is 0 Å². The van der Waals surface area contributed by atoms with Crippen LogP contribution >= 0.6 is 0 Å². The van der Waals surface area contributed by atoms with Gasteiger partial charge in [0.1, 0.15) is 0 Å². The van der Waals surface area contributed by atoms with Crippen molar-refractivity contribution in [2.45, 2.75) is 31.7 Å². The van der Waals surface area contributed by atoms with Gasteiger partial charge in [0, 0.05) is 38.9 Å². The van der Waals surface area contributed by atoms with Crippen molar-refractivity contribution in [1.29, 1.82) is 0 Å². The maximum atomic E-state index is 5.38. The Morgan fingerprint density at radius 3 is 2.53 bits per heavy atom. The Bertz CT molecular complexity index is 236. The van der Waals surface area contributed by atoms with Crippen LogP contribution < -0.4 is 5.32 Å². The molecule has 0 aromatic heterocycles. The first-order valence-corrected chi connectivity index (χ1v) is 7.92. The van der Waals surface area contributed by atoms with Gasteiger partial charge >= 0.3 is 0 Å². The molecule has 0 spiro atoms. The third kappa shape index (κ3) is 5.78. The molecule has 0 bridgehead atoms. The molecular weight excluding hydrogens is 238 g/mol. The minimum absolute atomic E-state index is 0.686. The second kappa shape index (κ2) is 8.20. The number of hydrogen-bond acceptors (Lipinski definition) is 4. The minimum atomic E-state index is 0.686. The summed E-state index contributed by atoms with van der Waals surface area (Å²) in [6, 6.07) is 0.686. The van der Waals surface area contributed by atoms with Crippen LogP contribution in [0.5, 0.6) is 0 Å². The number of likely N-dealkylation sites (tertiary alicyclic amines) is 1. The van der Waals surface area contributed by atoms with E-state index in [1.54, 1.807) is 0 Å². The summed E-state index contributed by atoms with van der Waals surface area (Å²) in [5, 5.41) is 3.67. The van der Waals surface area contributed by atoms with Crippen molar-refractivity contribution in [2.24, 2.45) is 5.92 Å². The fourth-order valence-electron chi connectivity index (χ4n) is 3.14. The molecule has 4 nitrogen and oxygen atoms in total. The van der Waals surface area contributed by atoms with Gasteiger partial charge in [0.25, 0.3) is 0 Å². The first kappa shape index (κ1) is 15.2. The van der Waals surface area contributed by atoms with E-state index in [9.17, 15) is 0 Å². The summed E-state index contributed by atoms with van der Waals surface area (Å²) in [4.78, 5) is 4.95. The molecule has 2 saturated heterocycles. The summed E-state index contributed by atoms with van der Waals surface area (Å²) < 4.78 is 5.38. The SMILES string of the molecule is CN1CCC(CN(C)CCNC2CCOCC2)CC1. The second-order valence-electron chi connectivity index (χ2n) is 6.35. The molecule has 1 N–H and O–H groups in total. The van der Waals surface area contributed by atoms with Gasteiger partial charge in [-0.05, 0) is 58.8 Å². The van der Waals surface area contributed by atoms with Gasteiger partial charge in [-0.15, -0.1) is 0 Å². The lowest BCUT2D eigenvalue weighted by atomic mass is 9.97. The van der Waals surface area contributed by atoms with E-state index in [1.807, 2.05) is 0 Å². The highest BCUT2D eigenvalue weighted by atomic mass is 16.5. The van der Waals surface area contributed by atoms with E-state index in [1.165, 1.54) is 51.9 Å². The van der Waals surface area contributed by atoms with Crippen molar-refractivity contribution in [2.75, 3.05) is 60.0 Å². The topological polar surface area (TPSA) is 27.7 Å². The van der Waals surface area contributed by atoms with Crippen LogP contribution in [0.25, 0.3) is 0 Å². The van der Waals surface area contributed by atoms with Crippen molar-refractivity contribution in [1.82, 2.24) is 15.1 Å². The molecule has 0 aliphatic carbocycles. The van der Waals surface area contributed by atoms with E-state index in [4.69, 9.17) is 4.74 Å². The van der Waals surface area contributed by atoms with Crippen molar-refractivity contribution in [3.05, 3.63) is 0 Å². The number of ether oxygens (including phenoxy) is 1. The van der Waals surface area contributed by atoms with Gasteiger partial charge in [0.2, 0.25) is 0 Å². The van der Waals surface area contributed by atoms with E-state index in [0.717, 1.165) is 25.7 Å². The molecule has 112 valence electrons. The Morgan fingerprint density at radius 1 is 1.16 bits per heavy atom. The molecule has 0 radical (unpaired) electrons. The van der Waals surface area contributed by atoms with Crippen molar-refractivity contribution in [3.63, 3.8) is 0 Å². The van der Waals surface area contributed by atoms with E-state index < -0.39 is 0 Å². The summed E-state index contributed by atoms with van der Waals surface area (Å²) in [6.45, 7) is 7.98. The monoisotopic (exact) mass is 269 g/mol. The lowest BCUT2D eigenvalue weighted by Crippen LogP contribution is -2.41. The van der Waals surface area contributed by atoms with Gasteiger partial charge in [0.05, 0.1) is 0 Å². The molecule has 0 atom stereocenters. The van der Waals surface area contributed by atoms with Crippen LogP contribution in [0.4, 0.5) is 0 Å². The molecule has 19 heavy (non-hydrogen) atoms. The van der Waals surface area contributed by atoms with Crippen LogP contribution in [0.3, 0.4) is 0 Å². The molecule has 0 aromatic rings. The molecule has 2 fully saturated rings. The third-order valence-corrected chi connectivity index (χ3v) is 4.56. The average Bonchev–Trinajstić information content (AvgIpc) is 2.43. The largest absolute Gasteiger partial charge is 0.381 e. The number of nitrogens with zero attached hydrogens (tertiary/aromatic N) is 2. The lowest BCUT2D eigenvalue weighted by Gasteiger charge is -2.32. The van der Waals surface area contributed by atoms with Crippen molar-refractivity contribution >= 4 is 0 Å². The fraction of sp³-hybridized carbons (Fsp3) is 1.00. The average molecular weight is 269 g/mol. The number of hydrogen-bond donors (Lipinski definition) is 1. The molecule has 2 heterocycles. The van der Waals surface area contributed by atoms with Crippen molar-refractivity contribution < 1.29 is 4.74 Å². The summed E-state index contributed by atoms with van der Waals surface area (Å²) >= 11 is 0. The Morgan fingerprint density at radius 2 is 1.84 bits per heavy atom. The number of likely N-dealkylation sites (N-methyl/N-ethyl adjacent to an activating group) is 1. The minimum Gasteiger partial charge on any atom is -0.381 e. The molecule has 0 unspecified atom stereocenters.